The molecule has 1 heterocycles. The van der Waals surface area contributed by atoms with Gasteiger partial charge in [-0.05, 0) is 49.7 Å². The first-order valence-electron chi connectivity index (χ1n) is 8.54. The van der Waals surface area contributed by atoms with E-state index in [4.69, 9.17) is 4.74 Å². The molecule has 2 rings (SSSR count). The molecule has 0 unspecified atom stereocenters. The molecule has 1 aromatic carbocycles. The minimum absolute atomic E-state index is 0.155. The number of hydrogen-bond acceptors (Lipinski definition) is 5. The van der Waals surface area contributed by atoms with Gasteiger partial charge in [0.1, 0.15) is 9.96 Å². The third-order valence-corrected chi connectivity index (χ3v) is 6.40. The first-order chi connectivity index (χ1) is 12.4. The van der Waals surface area contributed by atoms with Gasteiger partial charge in [-0.25, -0.2) is 8.42 Å². The molecule has 0 aliphatic rings. The van der Waals surface area contributed by atoms with Gasteiger partial charge in [0.2, 0.25) is 0 Å². The molecular formula is C18H24N2O4S2. The number of hydrazine groups is 1. The van der Waals surface area contributed by atoms with Crippen molar-refractivity contribution in [2.24, 2.45) is 0 Å². The molecule has 0 spiro atoms. The molecule has 0 saturated carbocycles. The molecule has 0 saturated heterocycles. The maximum atomic E-state index is 12.1. The van der Waals surface area contributed by atoms with Crippen LogP contribution in [-0.4, -0.2) is 20.9 Å². The Hall–Kier alpha value is -1.90. The van der Waals surface area contributed by atoms with E-state index in [-0.39, 0.29) is 4.21 Å². The zero-order chi connectivity index (χ0) is 19.0. The van der Waals surface area contributed by atoms with Crippen molar-refractivity contribution in [1.82, 2.24) is 10.3 Å². The van der Waals surface area contributed by atoms with Gasteiger partial charge in [-0.15, -0.1) is 16.2 Å². The van der Waals surface area contributed by atoms with E-state index in [1.54, 1.807) is 30.3 Å². The second-order valence-corrected chi connectivity index (χ2v) is 9.06. The SMILES string of the molecule is CCCCCCOc1ccc(C(=O)NNS(=O)(=O)c2ccc(C)s2)cc1. The van der Waals surface area contributed by atoms with Gasteiger partial charge in [-0.1, -0.05) is 26.2 Å². The molecule has 0 atom stereocenters. The Morgan fingerprint density at radius 2 is 1.81 bits per heavy atom. The van der Waals surface area contributed by atoms with Crippen molar-refractivity contribution >= 4 is 27.3 Å². The second kappa shape index (κ2) is 9.70. The van der Waals surface area contributed by atoms with Crippen molar-refractivity contribution in [2.45, 2.75) is 43.7 Å². The number of thiophene rings is 1. The Morgan fingerprint density at radius 3 is 2.42 bits per heavy atom. The smallest absolute Gasteiger partial charge is 0.266 e. The van der Waals surface area contributed by atoms with Crippen LogP contribution in [0, 0.1) is 6.92 Å². The van der Waals surface area contributed by atoms with Gasteiger partial charge in [0, 0.05) is 10.4 Å². The topological polar surface area (TPSA) is 84.5 Å². The summed E-state index contributed by atoms with van der Waals surface area (Å²) in [5.41, 5.74) is 2.56. The summed E-state index contributed by atoms with van der Waals surface area (Å²) in [5.74, 6) is 0.157. The highest BCUT2D eigenvalue weighted by atomic mass is 32.2. The minimum atomic E-state index is -3.76. The van der Waals surface area contributed by atoms with Gasteiger partial charge >= 0.3 is 0 Å². The molecule has 0 aliphatic heterocycles. The molecule has 0 radical (unpaired) electrons. The lowest BCUT2D eigenvalue weighted by atomic mass is 10.2. The number of carbonyl (C=O) groups is 1. The van der Waals surface area contributed by atoms with Crippen molar-refractivity contribution in [3.63, 3.8) is 0 Å². The number of ether oxygens (including phenoxy) is 1. The number of carbonyl (C=O) groups excluding carboxylic acids is 1. The number of nitrogens with one attached hydrogen (secondary N) is 2. The fourth-order valence-electron chi connectivity index (χ4n) is 2.21. The maximum Gasteiger partial charge on any atom is 0.266 e. The summed E-state index contributed by atoms with van der Waals surface area (Å²) in [6.07, 6.45) is 4.52. The van der Waals surface area contributed by atoms with Crippen LogP contribution < -0.4 is 15.0 Å². The van der Waals surface area contributed by atoms with Crippen LogP contribution in [0.25, 0.3) is 0 Å². The van der Waals surface area contributed by atoms with E-state index >= 15 is 0 Å². The summed E-state index contributed by atoms with van der Waals surface area (Å²) in [6, 6.07) is 9.81. The van der Waals surface area contributed by atoms with E-state index in [1.165, 1.54) is 18.9 Å². The molecule has 6 nitrogen and oxygen atoms in total. The van der Waals surface area contributed by atoms with Crippen molar-refractivity contribution < 1.29 is 17.9 Å². The predicted molar refractivity (Wildman–Crippen MR) is 103 cm³/mol. The highest BCUT2D eigenvalue weighted by Crippen LogP contribution is 2.20. The molecular weight excluding hydrogens is 372 g/mol. The maximum absolute atomic E-state index is 12.1. The molecule has 0 aliphatic carbocycles. The lowest BCUT2D eigenvalue weighted by molar-refractivity contribution is 0.0945. The van der Waals surface area contributed by atoms with Gasteiger partial charge in [0.15, 0.2) is 0 Å². The van der Waals surface area contributed by atoms with Crippen molar-refractivity contribution in [1.29, 1.82) is 0 Å². The molecule has 0 bridgehead atoms. The van der Waals surface area contributed by atoms with Crippen molar-refractivity contribution in [3.8, 4) is 5.75 Å². The molecule has 142 valence electrons. The first-order valence-corrected chi connectivity index (χ1v) is 10.8. The lowest BCUT2D eigenvalue weighted by Gasteiger charge is -2.09. The third kappa shape index (κ3) is 6.12. The standard InChI is InChI=1S/C18H24N2O4S2/c1-3-4-5-6-13-24-16-10-8-15(9-11-16)18(21)19-20-26(22,23)17-12-7-14(2)25-17/h7-12,20H,3-6,13H2,1-2H3,(H,19,21). The van der Waals surface area contributed by atoms with Gasteiger partial charge < -0.3 is 4.74 Å². The van der Waals surface area contributed by atoms with Gasteiger partial charge in [0.05, 0.1) is 6.61 Å². The Balaban J connectivity index is 1.84. The summed E-state index contributed by atoms with van der Waals surface area (Å²) >= 11 is 1.14. The number of rotatable bonds is 10. The molecule has 0 fully saturated rings. The van der Waals surface area contributed by atoms with Crippen LogP contribution in [0.3, 0.4) is 0 Å². The summed E-state index contributed by atoms with van der Waals surface area (Å²) in [7, 11) is -3.76. The van der Waals surface area contributed by atoms with E-state index in [0.29, 0.717) is 17.9 Å². The van der Waals surface area contributed by atoms with E-state index < -0.39 is 15.9 Å². The largest absolute Gasteiger partial charge is 0.494 e. The number of aryl methyl sites for hydroxylation is 1. The van der Waals surface area contributed by atoms with E-state index in [1.807, 2.05) is 6.92 Å². The fourth-order valence-corrected chi connectivity index (χ4v) is 4.34. The van der Waals surface area contributed by atoms with Crippen LogP contribution in [0.5, 0.6) is 5.75 Å². The van der Waals surface area contributed by atoms with Gasteiger partial charge in [0.25, 0.3) is 15.9 Å². The first kappa shape index (κ1) is 20.4. The predicted octanol–water partition coefficient (Wildman–Crippen LogP) is 3.64. The van der Waals surface area contributed by atoms with Crippen LogP contribution in [0.15, 0.2) is 40.6 Å². The van der Waals surface area contributed by atoms with Gasteiger partial charge in [-0.2, -0.15) is 0 Å². The normalized spacial score (nSPS) is 11.3. The van der Waals surface area contributed by atoms with E-state index in [2.05, 4.69) is 17.2 Å². The molecule has 8 heteroatoms. The van der Waals surface area contributed by atoms with Crippen molar-refractivity contribution in [3.05, 3.63) is 46.8 Å². The number of sulfonamides is 1. The number of amides is 1. The minimum Gasteiger partial charge on any atom is -0.494 e. The van der Waals surface area contributed by atoms with Crippen LogP contribution in [0.4, 0.5) is 0 Å². The second-order valence-electron chi connectivity index (χ2n) is 5.86. The molecule has 26 heavy (non-hydrogen) atoms. The number of hydrogen-bond donors (Lipinski definition) is 2. The molecule has 2 aromatic rings. The van der Waals surface area contributed by atoms with Crippen molar-refractivity contribution in [2.75, 3.05) is 6.61 Å². The van der Waals surface area contributed by atoms with E-state index in [9.17, 15) is 13.2 Å². The van der Waals surface area contributed by atoms with Crippen LogP contribution in [0.1, 0.15) is 47.8 Å². The third-order valence-electron chi connectivity index (χ3n) is 3.66. The number of unbranched alkanes of at least 4 members (excludes halogenated alkanes) is 3. The molecule has 1 aromatic heterocycles. The summed E-state index contributed by atoms with van der Waals surface area (Å²) < 4.78 is 30.0. The zero-order valence-corrected chi connectivity index (χ0v) is 16.6. The Kier molecular flexibility index (Phi) is 7.62. The molecule has 1 amide bonds. The monoisotopic (exact) mass is 396 g/mol. The highest BCUT2D eigenvalue weighted by Gasteiger charge is 2.17. The Labute approximate surface area is 158 Å². The Bertz CT molecular complexity index is 814. The fraction of sp³-hybridized carbons (Fsp3) is 0.389. The number of benzene rings is 1. The summed E-state index contributed by atoms with van der Waals surface area (Å²) in [5, 5.41) is 0. The quantitative estimate of drug-likeness (QED) is 0.474. The van der Waals surface area contributed by atoms with E-state index in [0.717, 1.165) is 29.1 Å². The summed E-state index contributed by atoms with van der Waals surface area (Å²) in [6.45, 7) is 4.62. The van der Waals surface area contributed by atoms with Crippen LogP contribution in [-0.2, 0) is 10.0 Å². The highest BCUT2D eigenvalue weighted by molar-refractivity contribution is 7.91. The van der Waals surface area contributed by atoms with Gasteiger partial charge in [-0.3, -0.25) is 10.2 Å². The Morgan fingerprint density at radius 1 is 1.08 bits per heavy atom. The summed E-state index contributed by atoms with van der Waals surface area (Å²) in [4.78, 5) is 15.1. The lowest BCUT2D eigenvalue weighted by Crippen LogP contribution is -2.41. The zero-order valence-electron chi connectivity index (χ0n) is 14.9. The average molecular weight is 397 g/mol. The van der Waals surface area contributed by atoms with Crippen LogP contribution in [0.2, 0.25) is 0 Å². The average Bonchev–Trinajstić information content (AvgIpc) is 3.07. The van der Waals surface area contributed by atoms with Crippen LogP contribution >= 0.6 is 11.3 Å². The molecule has 2 N–H and O–H groups in total.